The summed E-state index contributed by atoms with van der Waals surface area (Å²) in [5.74, 6) is 3.19. The van der Waals surface area contributed by atoms with Crippen LogP contribution in [-0.2, 0) is 6.42 Å². The van der Waals surface area contributed by atoms with E-state index in [2.05, 4.69) is 30.3 Å². The van der Waals surface area contributed by atoms with Crippen LogP contribution in [0.4, 0.5) is 0 Å². The van der Waals surface area contributed by atoms with Gasteiger partial charge in [0.25, 0.3) is 0 Å². The highest BCUT2D eigenvalue weighted by molar-refractivity contribution is 5.80. The zero-order valence-corrected chi connectivity index (χ0v) is 18.4. The fourth-order valence-corrected chi connectivity index (χ4v) is 4.08. The maximum absolute atomic E-state index is 6.26. The van der Waals surface area contributed by atoms with E-state index in [0.717, 1.165) is 35.0 Å². The lowest BCUT2D eigenvalue weighted by Gasteiger charge is -2.17. The molecule has 0 unspecified atom stereocenters. The predicted molar refractivity (Wildman–Crippen MR) is 130 cm³/mol. The van der Waals surface area contributed by atoms with Crippen LogP contribution in [0, 0.1) is 0 Å². The third-order valence-corrected chi connectivity index (χ3v) is 5.59. The van der Waals surface area contributed by atoms with E-state index < -0.39 is 0 Å². The number of fused-ring (bicyclic) bond motifs is 3. The zero-order chi connectivity index (χ0) is 22.3. The van der Waals surface area contributed by atoms with Crippen molar-refractivity contribution in [2.45, 2.75) is 6.42 Å². The molecular weight excluding hydrogens is 412 g/mol. The molecule has 1 aliphatic rings. The first-order valence-electron chi connectivity index (χ1n) is 11.2. The van der Waals surface area contributed by atoms with E-state index >= 15 is 0 Å². The standard InChI is InChI=1S/C29H26O4/c1-3-10-23(11-4-1)30-17-19-32-28-16-15-26-25-14-8-7-9-22(25)21-27(26)29(28)33-20-18-31-24-12-5-2-6-13-24/h1-16H,17-21H2. The molecule has 0 aromatic heterocycles. The molecule has 0 fully saturated rings. The lowest BCUT2D eigenvalue weighted by molar-refractivity contribution is 0.191. The van der Waals surface area contributed by atoms with Gasteiger partial charge in [0, 0.05) is 12.0 Å². The van der Waals surface area contributed by atoms with Gasteiger partial charge in [-0.25, -0.2) is 0 Å². The summed E-state index contributed by atoms with van der Waals surface area (Å²) < 4.78 is 23.9. The van der Waals surface area contributed by atoms with Gasteiger partial charge in [0.05, 0.1) is 0 Å². The molecule has 0 atom stereocenters. The fraction of sp³-hybridized carbons (Fsp3) is 0.172. The van der Waals surface area contributed by atoms with Gasteiger partial charge in [0.2, 0.25) is 0 Å². The summed E-state index contributed by atoms with van der Waals surface area (Å²) in [4.78, 5) is 0. The highest BCUT2D eigenvalue weighted by Gasteiger charge is 2.24. The van der Waals surface area contributed by atoms with Gasteiger partial charge >= 0.3 is 0 Å². The molecule has 166 valence electrons. The molecule has 0 saturated heterocycles. The molecular formula is C29H26O4. The first kappa shape index (κ1) is 21.0. The molecule has 4 aromatic carbocycles. The summed E-state index contributed by atoms with van der Waals surface area (Å²) in [5.41, 5.74) is 4.94. The van der Waals surface area contributed by atoms with Crippen LogP contribution in [0.2, 0.25) is 0 Å². The molecule has 5 rings (SSSR count). The van der Waals surface area contributed by atoms with Crippen molar-refractivity contribution in [3.05, 3.63) is 108 Å². The minimum absolute atomic E-state index is 0.428. The van der Waals surface area contributed by atoms with Crippen LogP contribution in [-0.4, -0.2) is 26.4 Å². The maximum Gasteiger partial charge on any atom is 0.165 e. The van der Waals surface area contributed by atoms with Crippen molar-refractivity contribution in [3.63, 3.8) is 0 Å². The Labute approximate surface area is 194 Å². The number of ether oxygens (including phenoxy) is 4. The van der Waals surface area contributed by atoms with Gasteiger partial charge in [-0.3, -0.25) is 0 Å². The average Bonchev–Trinajstić information content (AvgIpc) is 3.25. The summed E-state index contributed by atoms with van der Waals surface area (Å²) >= 11 is 0. The summed E-state index contributed by atoms with van der Waals surface area (Å²) in [6.45, 7) is 1.77. The SMILES string of the molecule is c1ccc(OCCOc2ccc3c(c2OCCOc2ccccc2)Cc2ccccc2-3)cc1. The molecule has 4 aromatic rings. The van der Waals surface area contributed by atoms with Crippen molar-refractivity contribution in [2.24, 2.45) is 0 Å². The molecule has 0 bridgehead atoms. The molecule has 4 nitrogen and oxygen atoms in total. The quantitative estimate of drug-likeness (QED) is 0.244. The topological polar surface area (TPSA) is 36.9 Å². The largest absolute Gasteiger partial charge is 0.490 e. The van der Waals surface area contributed by atoms with Crippen LogP contribution >= 0.6 is 0 Å². The molecule has 0 radical (unpaired) electrons. The zero-order valence-electron chi connectivity index (χ0n) is 18.4. The normalized spacial score (nSPS) is 11.4. The van der Waals surface area contributed by atoms with E-state index in [0.29, 0.717) is 26.4 Å². The second-order valence-electron chi connectivity index (χ2n) is 7.77. The van der Waals surface area contributed by atoms with Gasteiger partial charge in [0.15, 0.2) is 11.5 Å². The van der Waals surface area contributed by atoms with Crippen LogP contribution < -0.4 is 18.9 Å². The molecule has 0 N–H and O–H groups in total. The van der Waals surface area contributed by atoms with Crippen molar-refractivity contribution < 1.29 is 18.9 Å². The molecule has 0 spiro atoms. The Bertz CT molecular complexity index is 1190. The van der Waals surface area contributed by atoms with E-state index in [1.807, 2.05) is 66.7 Å². The van der Waals surface area contributed by atoms with Crippen LogP contribution in [0.25, 0.3) is 11.1 Å². The number of hydrogen-bond acceptors (Lipinski definition) is 4. The van der Waals surface area contributed by atoms with Crippen LogP contribution in [0.1, 0.15) is 11.1 Å². The summed E-state index contributed by atoms with van der Waals surface area (Å²) in [6, 6.07) is 32.2. The highest BCUT2D eigenvalue weighted by atomic mass is 16.6. The van der Waals surface area contributed by atoms with Crippen LogP contribution in [0.15, 0.2) is 97.1 Å². The molecule has 0 saturated carbocycles. The molecule has 0 heterocycles. The summed E-state index contributed by atoms with van der Waals surface area (Å²) in [5, 5.41) is 0. The van der Waals surface area contributed by atoms with Crippen molar-refractivity contribution in [1.82, 2.24) is 0 Å². The third-order valence-electron chi connectivity index (χ3n) is 5.59. The number of hydrogen-bond donors (Lipinski definition) is 0. The Morgan fingerprint density at radius 2 is 1.06 bits per heavy atom. The lowest BCUT2D eigenvalue weighted by atomic mass is 10.1. The van der Waals surface area contributed by atoms with Gasteiger partial charge < -0.3 is 18.9 Å². The summed E-state index contributed by atoms with van der Waals surface area (Å²) in [6.07, 6.45) is 0.831. The average molecular weight is 439 g/mol. The Morgan fingerprint density at radius 1 is 0.485 bits per heavy atom. The highest BCUT2D eigenvalue weighted by Crippen LogP contribution is 2.45. The lowest BCUT2D eigenvalue weighted by Crippen LogP contribution is -2.13. The van der Waals surface area contributed by atoms with Gasteiger partial charge in [-0.1, -0.05) is 66.7 Å². The van der Waals surface area contributed by atoms with Gasteiger partial charge in [-0.05, 0) is 47.0 Å². The fourth-order valence-electron chi connectivity index (χ4n) is 4.08. The Kier molecular flexibility index (Phi) is 6.43. The molecule has 1 aliphatic carbocycles. The first-order chi connectivity index (χ1) is 16.4. The van der Waals surface area contributed by atoms with Gasteiger partial charge in [-0.2, -0.15) is 0 Å². The van der Waals surface area contributed by atoms with E-state index in [4.69, 9.17) is 18.9 Å². The molecule has 4 heteroatoms. The van der Waals surface area contributed by atoms with Crippen molar-refractivity contribution >= 4 is 0 Å². The minimum atomic E-state index is 0.428. The van der Waals surface area contributed by atoms with Crippen molar-refractivity contribution in [2.75, 3.05) is 26.4 Å². The smallest absolute Gasteiger partial charge is 0.165 e. The van der Waals surface area contributed by atoms with Crippen LogP contribution in [0.3, 0.4) is 0 Å². The molecule has 0 aliphatic heterocycles. The van der Waals surface area contributed by atoms with Gasteiger partial charge in [0.1, 0.15) is 37.9 Å². The Morgan fingerprint density at radius 3 is 1.76 bits per heavy atom. The van der Waals surface area contributed by atoms with E-state index in [9.17, 15) is 0 Å². The Hall–Kier alpha value is -3.92. The summed E-state index contributed by atoms with van der Waals surface area (Å²) in [7, 11) is 0. The minimum Gasteiger partial charge on any atom is -0.490 e. The number of benzene rings is 4. The molecule has 33 heavy (non-hydrogen) atoms. The van der Waals surface area contributed by atoms with E-state index in [1.54, 1.807) is 0 Å². The second-order valence-corrected chi connectivity index (χ2v) is 7.77. The predicted octanol–water partition coefficient (Wildman–Crippen LogP) is 6.17. The number of para-hydroxylation sites is 2. The maximum atomic E-state index is 6.26. The van der Waals surface area contributed by atoms with Crippen LogP contribution in [0.5, 0.6) is 23.0 Å². The van der Waals surface area contributed by atoms with E-state index in [-0.39, 0.29) is 0 Å². The second kappa shape index (κ2) is 10.1. The third kappa shape index (κ3) is 4.96. The monoisotopic (exact) mass is 438 g/mol. The molecule has 0 amide bonds. The van der Waals surface area contributed by atoms with Crippen molar-refractivity contribution in [1.29, 1.82) is 0 Å². The Balaban J connectivity index is 1.28. The first-order valence-corrected chi connectivity index (χ1v) is 11.2. The van der Waals surface area contributed by atoms with E-state index in [1.165, 1.54) is 16.7 Å². The number of rotatable bonds is 10. The van der Waals surface area contributed by atoms with Crippen molar-refractivity contribution in [3.8, 4) is 34.1 Å². The van der Waals surface area contributed by atoms with Gasteiger partial charge in [-0.15, -0.1) is 0 Å².